The average Bonchev–Trinajstić information content (AvgIpc) is 2.46. The summed E-state index contributed by atoms with van der Waals surface area (Å²) in [5, 5.41) is 3.49. The van der Waals surface area contributed by atoms with E-state index >= 15 is 0 Å². The predicted octanol–water partition coefficient (Wildman–Crippen LogP) is 1.90. The second kappa shape index (κ2) is 6.54. The minimum Gasteiger partial charge on any atom is -0.493 e. The summed E-state index contributed by atoms with van der Waals surface area (Å²) in [5.41, 5.74) is 1.24. The lowest BCUT2D eigenvalue weighted by molar-refractivity contribution is 0.164. The fourth-order valence-corrected chi connectivity index (χ4v) is 2.10. The number of hydrogen-bond donors (Lipinski definition) is 1. The second-order valence-electron chi connectivity index (χ2n) is 6.13. The number of fused-ring (bicyclic) bond motifs is 1. The highest BCUT2D eigenvalue weighted by atomic mass is 16.6. The van der Waals surface area contributed by atoms with Crippen LogP contribution in [-0.2, 0) is 6.54 Å². The summed E-state index contributed by atoms with van der Waals surface area (Å²) in [6.07, 6.45) is 0. The van der Waals surface area contributed by atoms with E-state index in [0.29, 0.717) is 19.0 Å². The van der Waals surface area contributed by atoms with Gasteiger partial charge in [-0.15, -0.1) is 0 Å². The molecule has 5 nitrogen and oxygen atoms in total. The van der Waals surface area contributed by atoms with E-state index in [4.69, 9.17) is 14.2 Å². The summed E-state index contributed by atoms with van der Waals surface area (Å²) in [6.45, 7) is 7.24. The van der Waals surface area contributed by atoms with E-state index in [1.54, 1.807) is 7.11 Å². The van der Waals surface area contributed by atoms with Crippen molar-refractivity contribution in [3.63, 3.8) is 0 Å². The third kappa shape index (κ3) is 3.80. The largest absolute Gasteiger partial charge is 0.493 e. The molecule has 0 radical (unpaired) electrons. The van der Waals surface area contributed by atoms with Crippen LogP contribution >= 0.6 is 0 Å². The van der Waals surface area contributed by atoms with Crippen LogP contribution in [0.15, 0.2) is 12.1 Å². The highest BCUT2D eigenvalue weighted by molar-refractivity contribution is 5.54. The van der Waals surface area contributed by atoms with Gasteiger partial charge in [-0.3, -0.25) is 0 Å². The highest BCUT2D eigenvalue weighted by Gasteiger charge is 2.21. The molecule has 1 aromatic carbocycles. The van der Waals surface area contributed by atoms with Gasteiger partial charge in [0.1, 0.15) is 13.2 Å². The van der Waals surface area contributed by atoms with Crippen LogP contribution in [-0.4, -0.2) is 51.4 Å². The molecule has 0 fully saturated rings. The van der Waals surface area contributed by atoms with E-state index in [-0.39, 0.29) is 5.54 Å². The van der Waals surface area contributed by atoms with Crippen LogP contribution in [0.25, 0.3) is 0 Å². The Morgan fingerprint density at radius 3 is 2.62 bits per heavy atom. The maximum Gasteiger partial charge on any atom is 0.203 e. The molecule has 0 saturated heterocycles. The van der Waals surface area contributed by atoms with Crippen LogP contribution in [0.4, 0.5) is 0 Å². The van der Waals surface area contributed by atoms with Crippen LogP contribution in [0, 0.1) is 0 Å². The first kappa shape index (κ1) is 15.9. The molecule has 0 spiro atoms. The molecule has 1 aliphatic heterocycles. The molecule has 0 unspecified atom stereocenters. The second-order valence-corrected chi connectivity index (χ2v) is 6.13. The van der Waals surface area contributed by atoms with Gasteiger partial charge in [0, 0.05) is 18.6 Å². The van der Waals surface area contributed by atoms with Crippen molar-refractivity contribution in [3.05, 3.63) is 17.7 Å². The summed E-state index contributed by atoms with van der Waals surface area (Å²) in [4.78, 5) is 2.21. The van der Waals surface area contributed by atoms with Crippen LogP contribution in [0.5, 0.6) is 17.2 Å². The smallest absolute Gasteiger partial charge is 0.203 e. The minimum absolute atomic E-state index is 0.109. The standard InChI is InChI=1S/C16H26N2O3/c1-16(2,18(3)4)11-17-10-12-8-13(19-5)15-14(9-12)20-6-7-21-15/h8-9,17H,6-7,10-11H2,1-5H3. The third-order valence-electron chi connectivity index (χ3n) is 3.99. The van der Waals surface area contributed by atoms with E-state index in [2.05, 4.69) is 38.2 Å². The number of ether oxygens (including phenoxy) is 3. The number of nitrogens with zero attached hydrogens (tertiary/aromatic N) is 1. The Morgan fingerprint density at radius 2 is 1.95 bits per heavy atom. The van der Waals surface area contributed by atoms with Crippen LogP contribution in [0.3, 0.4) is 0 Å². The van der Waals surface area contributed by atoms with Crippen molar-refractivity contribution in [1.82, 2.24) is 10.2 Å². The van der Waals surface area contributed by atoms with Gasteiger partial charge >= 0.3 is 0 Å². The number of benzene rings is 1. The SMILES string of the molecule is COc1cc(CNCC(C)(C)N(C)C)cc2c1OCCO2. The maximum atomic E-state index is 5.65. The van der Waals surface area contributed by atoms with Crippen molar-refractivity contribution < 1.29 is 14.2 Å². The van der Waals surface area contributed by atoms with Crippen molar-refractivity contribution in [2.75, 3.05) is 41.0 Å². The normalized spacial score (nSPS) is 14.4. The fraction of sp³-hybridized carbons (Fsp3) is 0.625. The lowest BCUT2D eigenvalue weighted by Gasteiger charge is -2.32. The molecule has 2 rings (SSSR count). The predicted molar refractivity (Wildman–Crippen MR) is 83.5 cm³/mol. The van der Waals surface area contributed by atoms with Crippen molar-refractivity contribution in [2.24, 2.45) is 0 Å². The lowest BCUT2D eigenvalue weighted by atomic mass is 10.0. The topological polar surface area (TPSA) is 43.0 Å². The Morgan fingerprint density at radius 1 is 1.24 bits per heavy atom. The van der Waals surface area contributed by atoms with E-state index in [1.807, 2.05) is 12.1 Å². The first-order chi connectivity index (χ1) is 9.94. The lowest BCUT2D eigenvalue weighted by Crippen LogP contribution is -2.46. The third-order valence-corrected chi connectivity index (χ3v) is 3.99. The fourth-order valence-electron chi connectivity index (χ4n) is 2.10. The minimum atomic E-state index is 0.109. The summed E-state index contributed by atoms with van der Waals surface area (Å²) in [5.74, 6) is 2.21. The molecule has 0 aromatic heterocycles. The Labute approximate surface area is 127 Å². The first-order valence-corrected chi connectivity index (χ1v) is 7.28. The zero-order valence-electron chi connectivity index (χ0n) is 13.7. The molecule has 1 aromatic rings. The van der Waals surface area contributed by atoms with Crippen molar-refractivity contribution in [1.29, 1.82) is 0 Å². The van der Waals surface area contributed by atoms with Gasteiger partial charge in [0.15, 0.2) is 11.5 Å². The monoisotopic (exact) mass is 294 g/mol. The molecular weight excluding hydrogens is 268 g/mol. The molecule has 1 heterocycles. The summed E-state index contributed by atoms with van der Waals surface area (Å²) >= 11 is 0. The summed E-state index contributed by atoms with van der Waals surface area (Å²) < 4.78 is 16.7. The van der Waals surface area contributed by atoms with E-state index in [1.165, 1.54) is 0 Å². The molecule has 118 valence electrons. The van der Waals surface area contributed by atoms with Crippen LogP contribution < -0.4 is 19.5 Å². The number of nitrogens with one attached hydrogen (secondary N) is 1. The average molecular weight is 294 g/mol. The quantitative estimate of drug-likeness (QED) is 0.868. The van der Waals surface area contributed by atoms with Crippen molar-refractivity contribution >= 4 is 0 Å². The van der Waals surface area contributed by atoms with E-state index in [0.717, 1.165) is 30.2 Å². The van der Waals surface area contributed by atoms with Crippen molar-refractivity contribution in [3.8, 4) is 17.2 Å². The Balaban J connectivity index is 2.04. The number of hydrogen-bond acceptors (Lipinski definition) is 5. The molecule has 5 heteroatoms. The number of methoxy groups -OCH3 is 1. The van der Waals surface area contributed by atoms with Crippen LogP contribution in [0.2, 0.25) is 0 Å². The molecule has 0 aliphatic carbocycles. The Hall–Kier alpha value is -1.46. The van der Waals surface area contributed by atoms with Gasteiger partial charge in [-0.2, -0.15) is 0 Å². The highest BCUT2D eigenvalue weighted by Crippen LogP contribution is 2.40. The van der Waals surface area contributed by atoms with Gasteiger partial charge in [-0.1, -0.05) is 0 Å². The Kier molecular flexibility index (Phi) is 4.96. The maximum absolute atomic E-state index is 5.65. The molecule has 0 atom stereocenters. The van der Waals surface area contributed by atoms with Gasteiger partial charge < -0.3 is 24.4 Å². The van der Waals surface area contributed by atoms with E-state index < -0.39 is 0 Å². The van der Waals surface area contributed by atoms with Gasteiger partial charge in [0.2, 0.25) is 5.75 Å². The zero-order valence-corrected chi connectivity index (χ0v) is 13.7. The van der Waals surface area contributed by atoms with Crippen molar-refractivity contribution in [2.45, 2.75) is 25.9 Å². The molecule has 0 bridgehead atoms. The molecule has 1 N–H and O–H groups in total. The molecule has 0 saturated carbocycles. The van der Waals surface area contributed by atoms with Gasteiger partial charge in [-0.25, -0.2) is 0 Å². The summed E-state index contributed by atoms with van der Waals surface area (Å²) in [7, 11) is 5.84. The van der Waals surface area contributed by atoms with Crippen LogP contribution in [0.1, 0.15) is 19.4 Å². The number of rotatable bonds is 6. The molecular formula is C16H26N2O3. The molecule has 1 aliphatic rings. The molecule has 21 heavy (non-hydrogen) atoms. The summed E-state index contributed by atoms with van der Waals surface area (Å²) in [6, 6.07) is 4.02. The van der Waals surface area contributed by atoms with Gasteiger partial charge in [0.05, 0.1) is 7.11 Å². The van der Waals surface area contributed by atoms with E-state index in [9.17, 15) is 0 Å². The zero-order chi connectivity index (χ0) is 15.5. The van der Waals surface area contributed by atoms with Gasteiger partial charge in [0.25, 0.3) is 0 Å². The van der Waals surface area contributed by atoms with Gasteiger partial charge in [-0.05, 0) is 45.6 Å². The number of likely N-dealkylation sites (N-methyl/N-ethyl adjacent to an activating group) is 1. The molecule has 0 amide bonds. The first-order valence-electron chi connectivity index (χ1n) is 7.28. The Bertz CT molecular complexity index is 469.